The van der Waals surface area contributed by atoms with Crippen molar-refractivity contribution in [3.63, 3.8) is 0 Å². The summed E-state index contributed by atoms with van der Waals surface area (Å²) < 4.78 is 5.70. The van der Waals surface area contributed by atoms with Crippen molar-refractivity contribution in [1.29, 1.82) is 0 Å². The normalized spacial score (nSPS) is 13.8. The maximum atomic E-state index is 5.85. The SMILES string of the molecule is C=C(C)N=C(N)c1oc(C(=C)CCC)cc1C.CC.CC1CCC1. The fourth-order valence-electron chi connectivity index (χ4n) is 2.20. The predicted molar refractivity (Wildman–Crippen MR) is 107 cm³/mol. The molecule has 0 unspecified atom stereocenters. The summed E-state index contributed by atoms with van der Waals surface area (Å²) in [6, 6.07) is 1.95. The Bertz CT molecular complexity index is 548. The zero-order valence-corrected chi connectivity index (χ0v) is 16.5. The Kier molecular flexibility index (Phi) is 10.9. The summed E-state index contributed by atoms with van der Waals surface area (Å²) in [4.78, 5) is 4.10. The Morgan fingerprint density at radius 1 is 1.33 bits per heavy atom. The van der Waals surface area contributed by atoms with Crippen molar-refractivity contribution >= 4 is 11.4 Å². The van der Waals surface area contributed by atoms with Crippen molar-refractivity contribution in [3.05, 3.63) is 42.0 Å². The number of allylic oxidation sites excluding steroid dienone is 2. The number of aliphatic imine (C=N–C) groups is 1. The fraction of sp³-hybridized carbons (Fsp3) is 0.571. The quantitative estimate of drug-likeness (QED) is 0.496. The third kappa shape index (κ3) is 7.67. The summed E-state index contributed by atoms with van der Waals surface area (Å²) in [6.45, 7) is 19.9. The zero-order valence-electron chi connectivity index (χ0n) is 16.5. The maximum absolute atomic E-state index is 5.85. The molecule has 0 spiro atoms. The molecule has 1 fully saturated rings. The Balaban J connectivity index is 0.000000630. The smallest absolute Gasteiger partial charge is 0.172 e. The van der Waals surface area contributed by atoms with E-state index in [1.165, 1.54) is 19.3 Å². The average Bonchev–Trinajstić information content (AvgIpc) is 2.90. The van der Waals surface area contributed by atoms with Crippen LogP contribution in [-0.4, -0.2) is 5.84 Å². The first-order valence-electron chi connectivity index (χ1n) is 9.13. The molecule has 1 heterocycles. The van der Waals surface area contributed by atoms with Gasteiger partial charge in [0.25, 0.3) is 0 Å². The van der Waals surface area contributed by atoms with E-state index in [1.54, 1.807) is 6.92 Å². The Hall–Kier alpha value is -1.77. The summed E-state index contributed by atoms with van der Waals surface area (Å²) in [5, 5.41) is 0. The van der Waals surface area contributed by atoms with E-state index in [0.29, 0.717) is 17.3 Å². The van der Waals surface area contributed by atoms with Gasteiger partial charge in [0.2, 0.25) is 0 Å². The number of hydrogen-bond acceptors (Lipinski definition) is 2. The second-order valence-corrected chi connectivity index (χ2v) is 6.24. The highest BCUT2D eigenvalue weighted by molar-refractivity contribution is 5.97. The molecule has 136 valence electrons. The van der Waals surface area contributed by atoms with Gasteiger partial charge >= 0.3 is 0 Å². The third-order valence-corrected chi connectivity index (χ3v) is 3.76. The van der Waals surface area contributed by atoms with Crippen molar-refractivity contribution in [2.75, 3.05) is 0 Å². The second kappa shape index (κ2) is 11.7. The molecule has 0 bridgehead atoms. The molecule has 0 saturated heterocycles. The van der Waals surface area contributed by atoms with Gasteiger partial charge in [0.1, 0.15) is 5.76 Å². The van der Waals surface area contributed by atoms with Crippen LogP contribution in [0.15, 0.2) is 34.3 Å². The van der Waals surface area contributed by atoms with E-state index in [-0.39, 0.29) is 0 Å². The largest absolute Gasteiger partial charge is 0.453 e. The molecule has 1 saturated carbocycles. The highest BCUT2D eigenvalue weighted by Crippen LogP contribution is 2.24. The molecule has 24 heavy (non-hydrogen) atoms. The predicted octanol–water partition coefficient (Wildman–Crippen LogP) is 6.47. The lowest BCUT2D eigenvalue weighted by molar-refractivity contribution is 0.346. The summed E-state index contributed by atoms with van der Waals surface area (Å²) in [6.07, 6.45) is 6.42. The number of hydrogen-bond donors (Lipinski definition) is 1. The van der Waals surface area contributed by atoms with Gasteiger partial charge in [-0.25, -0.2) is 4.99 Å². The van der Waals surface area contributed by atoms with Crippen LogP contribution in [0.1, 0.15) is 83.8 Å². The van der Waals surface area contributed by atoms with Crippen molar-refractivity contribution < 1.29 is 4.42 Å². The van der Waals surface area contributed by atoms with Crippen LogP contribution in [0.4, 0.5) is 0 Å². The fourth-order valence-corrected chi connectivity index (χ4v) is 2.20. The zero-order chi connectivity index (χ0) is 18.7. The maximum Gasteiger partial charge on any atom is 0.172 e. The Morgan fingerprint density at radius 3 is 2.25 bits per heavy atom. The van der Waals surface area contributed by atoms with E-state index in [9.17, 15) is 0 Å². The molecule has 3 nitrogen and oxygen atoms in total. The van der Waals surface area contributed by atoms with Crippen LogP contribution < -0.4 is 5.73 Å². The third-order valence-electron chi connectivity index (χ3n) is 3.76. The van der Waals surface area contributed by atoms with E-state index in [1.807, 2.05) is 26.8 Å². The van der Waals surface area contributed by atoms with Crippen molar-refractivity contribution in [1.82, 2.24) is 0 Å². The highest BCUT2D eigenvalue weighted by Gasteiger charge is 2.12. The van der Waals surface area contributed by atoms with Gasteiger partial charge in [0, 0.05) is 5.70 Å². The number of nitrogens with zero attached hydrogens (tertiary/aromatic N) is 1. The molecule has 2 N–H and O–H groups in total. The van der Waals surface area contributed by atoms with Crippen molar-refractivity contribution in [2.45, 2.75) is 73.6 Å². The summed E-state index contributed by atoms with van der Waals surface area (Å²) >= 11 is 0. The molecule has 0 aliphatic heterocycles. The van der Waals surface area contributed by atoms with E-state index < -0.39 is 0 Å². The molecule has 0 amide bonds. The van der Waals surface area contributed by atoms with Gasteiger partial charge in [-0.2, -0.15) is 0 Å². The van der Waals surface area contributed by atoms with Crippen LogP contribution in [0.25, 0.3) is 5.57 Å². The van der Waals surface area contributed by atoms with Crippen LogP contribution in [0, 0.1) is 12.8 Å². The van der Waals surface area contributed by atoms with E-state index >= 15 is 0 Å². The number of furan rings is 1. The molecule has 1 aliphatic rings. The van der Waals surface area contributed by atoms with Gasteiger partial charge in [0.05, 0.1) is 0 Å². The van der Waals surface area contributed by atoms with Crippen LogP contribution >= 0.6 is 0 Å². The second-order valence-electron chi connectivity index (χ2n) is 6.24. The monoisotopic (exact) mass is 332 g/mol. The van der Waals surface area contributed by atoms with Crippen LogP contribution in [0.5, 0.6) is 0 Å². The molecule has 1 aliphatic carbocycles. The summed E-state index contributed by atoms with van der Waals surface area (Å²) in [7, 11) is 0. The lowest BCUT2D eigenvalue weighted by Crippen LogP contribution is -2.13. The van der Waals surface area contributed by atoms with Crippen LogP contribution in [0.3, 0.4) is 0 Å². The van der Waals surface area contributed by atoms with E-state index in [4.69, 9.17) is 10.2 Å². The first kappa shape index (κ1) is 22.2. The minimum absolute atomic E-state index is 0.366. The molecule has 0 radical (unpaired) electrons. The van der Waals surface area contributed by atoms with Crippen LogP contribution in [-0.2, 0) is 0 Å². The minimum atomic E-state index is 0.366. The molecule has 3 heteroatoms. The topological polar surface area (TPSA) is 51.5 Å². The van der Waals surface area contributed by atoms with E-state index in [0.717, 1.165) is 35.7 Å². The number of rotatable bonds is 5. The Labute approximate surface area is 148 Å². The molecule has 1 aromatic heterocycles. The molecular weight excluding hydrogens is 296 g/mol. The van der Waals surface area contributed by atoms with Gasteiger partial charge in [-0.15, -0.1) is 0 Å². The molecule has 0 aromatic carbocycles. The number of nitrogens with two attached hydrogens (primary N) is 1. The number of amidine groups is 1. The first-order chi connectivity index (χ1) is 11.3. The lowest BCUT2D eigenvalue weighted by atomic mass is 9.88. The summed E-state index contributed by atoms with van der Waals surface area (Å²) in [5.74, 6) is 2.83. The van der Waals surface area contributed by atoms with Gasteiger partial charge in [-0.1, -0.05) is 66.5 Å². The summed E-state index contributed by atoms with van der Waals surface area (Å²) in [5.41, 5.74) is 8.47. The highest BCUT2D eigenvalue weighted by atomic mass is 16.3. The van der Waals surface area contributed by atoms with Gasteiger partial charge in [0.15, 0.2) is 11.6 Å². The van der Waals surface area contributed by atoms with Crippen LogP contribution in [0.2, 0.25) is 0 Å². The van der Waals surface area contributed by atoms with E-state index in [2.05, 4.69) is 32.0 Å². The molecule has 2 rings (SSSR count). The first-order valence-corrected chi connectivity index (χ1v) is 9.13. The lowest BCUT2D eigenvalue weighted by Gasteiger charge is -2.18. The van der Waals surface area contributed by atoms with Crippen molar-refractivity contribution in [2.24, 2.45) is 16.6 Å². The minimum Gasteiger partial charge on any atom is -0.453 e. The molecular formula is C21H36N2O. The average molecular weight is 333 g/mol. The molecule has 0 atom stereocenters. The number of aryl methyl sites for hydroxylation is 1. The van der Waals surface area contributed by atoms with Gasteiger partial charge in [-0.3, -0.25) is 0 Å². The molecule has 1 aromatic rings. The van der Waals surface area contributed by atoms with Crippen molar-refractivity contribution in [3.8, 4) is 0 Å². The van der Waals surface area contributed by atoms with Gasteiger partial charge < -0.3 is 10.2 Å². The Morgan fingerprint density at radius 2 is 1.88 bits per heavy atom. The van der Waals surface area contributed by atoms with Gasteiger partial charge in [-0.05, 0) is 43.4 Å². The standard InChI is InChI=1S/C14H20N2O.C5H10.C2H6/c1-6-7-10(4)12-8-11(5)13(17-12)14(15)16-9(2)3;1-5-3-2-4-5;1-2/h8H,2,4,6-7H2,1,3,5H3,(H2,15,16);5H,2-4H2,1H3;1-2H3.